The first-order valence-electron chi connectivity index (χ1n) is 11.0. The lowest BCUT2D eigenvalue weighted by molar-refractivity contribution is -0.0964. The highest BCUT2D eigenvalue weighted by atomic mass is 35.5. The van der Waals surface area contributed by atoms with E-state index >= 15 is 0 Å². The molecule has 188 valence electrons. The topological polar surface area (TPSA) is 105 Å². The fourth-order valence-corrected chi connectivity index (χ4v) is 3.73. The highest BCUT2D eigenvalue weighted by molar-refractivity contribution is 6.20. The number of aliphatic hydroxyl groups is 1. The SMILES string of the molecule is CC(C)(O)CCN1Cc2ncc(-c3cncc(C(=O)Nc4ccc(OC(F)(F)Cl)cc4)c3)cc2C1=O. The molecule has 1 aliphatic rings. The number of pyridine rings is 2. The molecule has 0 unspecified atom stereocenters. The molecule has 11 heteroatoms. The molecule has 2 amide bonds. The van der Waals surface area contributed by atoms with Crippen LogP contribution in [0.2, 0.25) is 0 Å². The summed E-state index contributed by atoms with van der Waals surface area (Å²) in [6.45, 7) is 4.17. The summed E-state index contributed by atoms with van der Waals surface area (Å²) < 4.78 is 29.7. The summed E-state index contributed by atoms with van der Waals surface area (Å²) in [5.41, 5.74) is -1.77. The van der Waals surface area contributed by atoms with Crippen LogP contribution < -0.4 is 10.1 Å². The average molecular weight is 517 g/mol. The van der Waals surface area contributed by atoms with Crippen molar-refractivity contribution in [3.05, 3.63) is 71.8 Å². The van der Waals surface area contributed by atoms with E-state index in [-0.39, 0.29) is 17.2 Å². The van der Waals surface area contributed by atoms with Crippen molar-refractivity contribution in [2.24, 2.45) is 0 Å². The number of alkyl halides is 3. The van der Waals surface area contributed by atoms with E-state index in [1.54, 1.807) is 43.3 Å². The third-order valence-corrected chi connectivity index (χ3v) is 5.58. The molecule has 36 heavy (non-hydrogen) atoms. The number of anilines is 1. The van der Waals surface area contributed by atoms with Crippen LogP contribution in [-0.2, 0) is 6.54 Å². The molecule has 1 aliphatic heterocycles. The summed E-state index contributed by atoms with van der Waals surface area (Å²) in [5, 5.41) is 12.6. The van der Waals surface area contributed by atoms with Crippen molar-refractivity contribution in [2.45, 2.75) is 38.0 Å². The van der Waals surface area contributed by atoms with E-state index in [2.05, 4.69) is 20.0 Å². The molecular weight excluding hydrogens is 494 g/mol. The van der Waals surface area contributed by atoms with Crippen molar-refractivity contribution in [2.75, 3.05) is 11.9 Å². The predicted octanol–water partition coefficient (Wildman–Crippen LogP) is 4.68. The van der Waals surface area contributed by atoms with Gasteiger partial charge in [0.05, 0.1) is 29.0 Å². The lowest BCUT2D eigenvalue weighted by Gasteiger charge is -2.22. The van der Waals surface area contributed by atoms with E-state index in [1.165, 1.54) is 30.5 Å². The molecular formula is C25H23ClF2N4O4. The zero-order chi connectivity index (χ0) is 26.1. The Labute approximate surface area is 210 Å². The summed E-state index contributed by atoms with van der Waals surface area (Å²) in [6, 6.07) is 8.62. The minimum Gasteiger partial charge on any atom is -0.420 e. The molecule has 3 heterocycles. The van der Waals surface area contributed by atoms with Crippen molar-refractivity contribution in [1.29, 1.82) is 0 Å². The predicted molar refractivity (Wildman–Crippen MR) is 129 cm³/mol. The third-order valence-electron chi connectivity index (χ3n) is 5.50. The number of ether oxygens (including phenoxy) is 1. The highest BCUT2D eigenvalue weighted by Gasteiger charge is 2.30. The van der Waals surface area contributed by atoms with Crippen LogP contribution in [0.15, 0.2) is 55.0 Å². The number of hydrogen-bond donors (Lipinski definition) is 2. The van der Waals surface area contributed by atoms with Gasteiger partial charge in [-0.3, -0.25) is 19.6 Å². The molecule has 8 nitrogen and oxygen atoms in total. The van der Waals surface area contributed by atoms with Crippen LogP contribution in [0.25, 0.3) is 11.1 Å². The van der Waals surface area contributed by atoms with Gasteiger partial charge in [0.1, 0.15) is 5.75 Å². The number of halogens is 3. The first kappa shape index (κ1) is 25.5. The second kappa shape index (κ2) is 9.79. The minimum absolute atomic E-state index is 0.158. The number of carbonyl (C=O) groups is 2. The quantitative estimate of drug-likeness (QED) is 0.421. The summed E-state index contributed by atoms with van der Waals surface area (Å²) in [6.07, 6.45) is 5.00. The molecule has 2 aromatic heterocycles. The Hall–Kier alpha value is -3.63. The Balaban J connectivity index is 1.47. The third kappa shape index (κ3) is 6.32. The molecule has 0 radical (unpaired) electrons. The molecule has 2 N–H and O–H groups in total. The van der Waals surface area contributed by atoms with E-state index in [0.717, 1.165) is 0 Å². The van der Waals surface area contributed by atoms with Crippen LogP contribution in [0.1, 0.15) is 46.7 Å². The van der Waals surface area contributed by atoms with Crippen molar-refractivity contribution in [1.82, 2.24) is 14.9 Å². The van der Waals surface area contributed by atoms with Crippen LogP contribution in [-0.4, -0.2) is 49.5 Å². The van der Waals surface area contributed by atoms with Gasteiger partial charge in [0, 0.05) is 53.6 Å². The lowest BCUT2D eigenvalue weighted by Crippen LogP contribution is -2.31. The first-order valence-corrected chi connectivity index (χ1v) is 11.4. The second-order valence-corrected chi connectivity index (χ2v) is 9.44. The van der Waals surface area contributed by atoms with Gasteiger partial charge < -0.3 is 20.1 Å². The molecule has 0 spiro atoms. The van der Waals surface area contributed by atoms with Crippen molar-refractivity contribution >= 4 is 29.1 Å². The number of amides is 2. The molecule has 0 saturated heterocycles. The maximum absolute atomic E-state index is 12.8. The van der Waals surface area contributed by atoms with Gasteiger partial charge in [0.2, 0.25) is 0 Å². The second-order valence-electron chi connectivity index (χ2n) is 9.00. The van der Waals surface area contributed by atoms with Crippen LogP contribution in [0.5, 0.6) is 5.75 Å². The Morgan fingerprint density at radius 3 is 2.53 bits per heavy atom. The number of hydrogen-bond acceptors (Lipinski definition) is 6. The average Bonchev–Trinajstić information content (AvgIpc) is 3.12. The Kier molecular flexibility index (Phi) is 6.92. The maximum atomic E-state index is 12.8. The number of carbonyl (C=O) groups excluding carboxylic acids is 2. The fourth-order valence-electron chi connectivity index (χ4n) is 3.64. The monoisotopic (exact) mass is 516 g/mol. The summed E-state index contributed by atoms with van der Waals surface area (Å²) in [7, 11) is 0. The van der Waals surface area contributed by atoms with Crippen LogP contribution >= 0.6 is 11.6 Å². The van der Waals surface area contributed by atoms with Crippen molar-refractivity contribution in [3.8, 4) is 16.9 Å². The zero-order valence-electron chi connectivity index (χ0n) is 19.5. The van der Waals surface area contributed by atoms with Crippen LogP contribution in [0.4, 0.5) is 14.5 Å². The number of nitrogens with zero attached hydrogens (tertiary/aromatic N) is 3. The molecule has 0 fully saturated rings. The van der Waals surface area contributed by atoms with Gasteiger partial charge >= 0.3 is 5.57 Å². The zero-order valence-corrected chi connectivity index (χ0v) is 20.2. The number of rotatable bonds is 8. The standard InChI is InChI=1S/C25H23ClF2N4O4/c1-24(2,35)7-8-32-14-21-20(23(32)34)10-16(13-30-21)15-9-17(12-29-11-15)22(33)31-18-3-5-19(6-4-18)36-25(26,27)28/h3-6,9-13,35H,7-8,14H2,1-2H3,(H,31,33). The smallest absolute Gasteiger partial charge is 0.420 e. The molecule has 3 aromatic rings. The van der Waals surface area contributed by atoms with E-state index in [0.29, 0.717) is 47.6 Å². The van der Waals surface area contributed by atoms with Crippen molar-refractivity contribution < 1.29 is 28.2 Å². The van der Waals surface area contributed by atoms with Crippen LogP contribution in [0, 0.1) is 0 Å². The molecule has 0 aliphatic carbocycles. The Morgan fingerprint density at radius 1 is 1.17 bits per heavy atom. The molecule has 0 bridgehead atoms. The molecule has 0 saturated carbocycles. The largest absolute Gasteiger partial charge is 0.487 e. The van der Waals surface area contributed by atoms with Gasteiger partial charge in [0.25, 0.3) is 11.8 Å². The van der Waals surface area contributed by atoms with E-state index < -0.39 is 17.1 Å². The summed E-state index contributed by atoms with van der Waals surface area (Å²) in [5.74, 6) is -0.789. The molecule has 0 atom stereocenters. The van der Waals surface area contributed by atoms with Crippen LogP contribution in [0.3, 0.4) is 0 Å². The summed E-state index contributed by atoms with van der Waals surface area (Å²) >= 11 is 4.75. The number of nitrogens with one attached hydrogen (secondary N) is 1. The number of fused-ring (bicyclic) bond motifs is 1. The lowest BCUT2D eigenvalue weighted by atomic mass is 10.0. The highest BCUT2D eigenvalue weighted by Crippen LogP contribution is 2.28. The summed E-state index contributed by atoms with van der Waals surface area (Å²) in [4.78, 5) is 35.8. The maximum Gasteiger partial charge on any atom is 0.487 e. The van der Waals surface area contributed by atoms with Gasteiger partial charge in [-0.25, -0.2) is 0 Å². The number of aromatic nitrogens is 2. The Morgan fingerprint density at radius 2 is 1.86 bits per heavy atom. The fraction of sp³-hybridized carbons (Fsp3) is 0.280. The van der Waals surface area contributed by atoms with Crippen molar-refractivity contribution in [3.63, 3.8) is 0 Å². The van der Waals surface area contributed by atoms with E-state index in [4.69, 9.17) is 11.6 Å². The van der Waals surface area contributed by atoms with Gasteiger partial charge in [-0.1, -0.05) is 0 Å². The van der Waals surface area contributed by atoms with Gasteiger partial charge in [-0.05, 0) is 56.7 Å². The normalized spacial score (nSPS) is 13.5. The van der Waals surface area contributed by atoms with E-state index in [1.807, 2.05) is 0 Å². The molecule has 4 rings (SSSR count). The van der Waals surface area contributed by atoms with Gasteiger partial charge in [-0.2, -0.15) is 0 Å². The number of benzene rings is 1. The molecule has 1 aromatic carbocycles. The van der Waals surface area contributed by atoms with Gasteiger partial charge in [-0.15, -0.1) is 8.78 Å². The van der Waals surface area contributed by atoms with Gasteiger partial charge in [0.15, 0.2) is 0 Å². The Bertz CT molecular complexity index is 1290. The first-order chi connectivity index (χ1) is 16.9. The van der Waals surface area contributed by atoms with E-state index in [9.17, 15) is 23.5 Å². The minimum atomic E-state index is -3.83.